The van der Waals surface area contributed by atoms with Crippen LogP contribution in [0, 0.1) is 0 Å². The minimum Gasteiger partial charge on any atom is -0.507 e. The number of benzene rings is 4. The summed E-state index contributed by atoms with van der Waals surface area (Å²) in [6, 6.07) is 8.09. The summed E-state index contributed by atoms with van der Waals surface area (Å²) >= 11 is 0. The van der Waals surface area contributed by atoms with Crippen LogP contribution < -0.4 is 9.47 Å². The zero-order chi connectivity index (χ0) is 56.0. The highest BCUT2D eigenvalue weighted by molar-refractivity contribution is 6.32. The predicted octanol–water partition coefficient (Wildman–Crippen LogP) is 3.71. The molecule has 4 aromatic rings. The van der Waals surface area contributed by atoms with Gasteiger partial charge in [0.05, 0.1) is 78.7 Å². The minimum absolute atomic E-state index is 0.0554. The quantitative estimate of drug-likeness (QED) is 0.107. The van der Waals surface area contributed by atoms with Crippen LogP contribution in [0.5, 0.6) is 34.5 Å². The third-order valence-corrected chi connectivity index (χ3v) is 17.5. The van der Waals surface area contributed by atoms with Crippen molar-refractivity contribution in [2.75, 3.05) is 34.3 Å². The lowest BCUT2D eigenvalue weighted by molar-refractivity contribution is -0.248. The molecule has 0 aromatic heterocycles. The molecule has 4 aliphatic carbocycles. The highest BCUT2D eigenvalue weighted by Gasteiger charge is 2.55. The first-order chi connectivity index (χ1) is 37.6. The van der Waals surface area contributed by atoms with E-state index in [-0.39, 0.29) is 101 Å². The van der Waals surface area contributed by atoms with Gasteiger partial charge in [0.15, 0.2) is 35.7 Å². The number of fused-ring (bicyclic) bond motifs is 8. The second kappa shape index (κ2) is 19.0. The Bertz CT molecular complexity index is 3140. The number of phenols is 4. The molecule has 0 bridgehead atoms. The fourth-order valence-corrected chi connectivity index (χ4v) is 13.5. The number of aromatic hydroxyl groups is 4. The van der Waals surface area contributed by atoms with E-state index in [0.717, 1.165) is 0 Å². The van der Waals surface area contributed by atoms with E-state index < -0.39 is 166 Å². The van der Waals surface area contributed by atoms with Gasteiger partial charge in [0.2, 0.25) is 11.6 Å². The second-order valence-electron chi connectivity index (χ2n) is 21.9. The molecule has 22 heteroatoms. The molecule has 4 aliphatic heterocycles. The zero-order valence-electron chi connectivity index (χ0n) is 43.9. The Morgan fingerprint density at radius 1 is 0.582 bits per heavy atom. The number of ketones is 6. The van der Waals surface area contributed by atoms with Gasteiger partial charge in [-0.1, -0.05) is 24.3 Å². The molecule has 4 fully saturated rings. The molecule has 0 radical (unpaired) electrons. The Labute approximate surface area is 451 Å². The summed E-state index contributed by atoms with van der Waals surface area (Å²) in [7, 11) is 2.66. The van der Waals surface area contributed by atoms with Gasteiger partial charge in [-0.15, -0.1) is 0 Å². The summed E-state index contributed by atoms with van der Waals surface area (Å²) in [5.74, 6) is -6.86. The molecule has 0 spiro atoms. The Morgan fingerprint density at radius 3 is 1.33 bits per heavy atom. The summed E-state index contributed by atoms with van der Waals surface area (Å²) in [6.45, 7) is 6.55. The summed E-state index contributed by atoms with van der Waals surface area (Å²) < 4.78 is 49.5. The first-order valence-corrected chi connectivity index (χ1v) is 26.1. The van der Waals surface area contributed by atoms with E-state index in [9.17, 15) is 59.4 Å². The number of ether oxygens (including phenoxy) is 8. The van der Waals surface area contributed by atoms with Crippen LogP contribution in [0.15, 0.2) is 36.4 Å². The van der Waals surface area contributed by atoms with Gasteiger partial charge in [-0.05, 0) is 39.8 Å². The monoisotopic (exact) mass is 1090 g/mol. The number of phenolic OH excluding ortho intramolecular Hbond substituents is 4. The summed E-state index contributed by atoms with van der Waals surface area (Å²) in [5.41, 5.74) is -6.80. The van der Waals surface area contributed by atoms with E-state index in [1.54, 1.807) is 13.8 Å². The van der Waals surface area contributed by atoms with Crippen molar-refractivity contribution < 1.29 is 97.3 Å². The highest BCUT2D eigenvalue weighted by Crippen LogP contribution is 2.55. The third-order valence-electron chi connectivity index (χ3n) is 17.5. The van der Waals surface area contributed by atoms with Crippen molar-refractivity contribution >= 4 is 34.7 Å². The fourth-order valence-electron chi connectivity index (χ4n) is 13.5. The van der Waals surface area contributed by atoms with Crippen LogP contribution in [-0.2, 0) is 50.9 Å². The van der Waals surface area contributed by atoms with Gasteiger partial charge in [0.1, 0.15) is 71.4 Å². The number of methoxy groups -OCH3 is 2. The smallest absolute Gasteiger partial charge is 0.202 e. The third kappa shape index (κ3) is 7.97. The maximum Gasteiger partial charge on any atom is 0.202 e. The van der Waals surface area contributed by atoms with Crippen molar-refractivity contribution in [1.82, 2.24) is 9.80 Å². The summed E-state index contributed by atoms with van der Waals surface area (Å²) in [4.78, 5) is 86.9. The molecule has 6 N–H and O–H groups in total. The Kier molecular flexibility index (Phi) is 12.7. The van der Waals surface area contributed by atoms with Crippen molar-refractivity contribution in [3.8, 4) is 34.5 Å². The van der Waals surface area contributed by atoms with Crippen molar-refractivity contribution in [3.63, 3.8) is 0 Å². The average Bonchev–Trinajstić information content (AvgIpc) is 4.21. The maximum atomic E-state index is 14.2. The molecular weight excluding hydrogens is 1030 g/mol. The van der Waals surface area contributed by atoms with Gasteiger partial charge in [-0.3, -0.25) is 38.6 Å². The van der Waals surface area contributed by atoms with Gasteiger partial charge >= 0.3 is 0 Å². The lowest BCUT2D eigenvalue weighted by atomic mass is 9.72. The van der Waals surface area contributed by atoms with Gasteiger partial charge in [-0.2, -0.15) is 0 Å². The van der Waals surface area contributed by atoms with Crippen LogP contribution in [0.2, 0.25) is 0 Å². The number of rotatable bonds is 10. The van der Waals surface area contributed by atoms with Crippen molar-refractivity contribution in [2.24, 2.45) is 0 Å². The normalized spacial score (nSPS) is 31.7. The fraction of sp³-hybridized carbons (Fsp3) is 0.474. The number of Topliss-reactive ketones (excluding diaryl/α,β-unsaturated/α-hetero) is 2. The van der Waals surface area contributed by atoms with Crippen LogP contribution in [0.1, 0.15) is 152 Å². The molecule has 22 nitrogen and oxygen atoms in total. The average molecular weight is 1090 g/mol. The molecule has 12 rings (SSSR count). The topological polar surface area (TPSA) is 304 Å². The van der Waals surface area contributed by atoms with Crippen LogP contribution in [0.25, 0.3) is 0 Å². The van der Waals surface area contributed by atoms with Gasteiger partial charge in [0, 0.05) is 84.0 Å². The standard InChI is InChI=1S/C57H58N2O20/c1-22-54-30(13-36(76-22)78-34-17-56(70,24(3)60)15-28-40(34)52(68)44-42(48(28)64)46(62)26-9-7-11-32(72-5)38(26)50(44)66)58(20-74-54)19-59-21-75-55-23(2)77-37(14-31(55)59)79-35-18-57(71,25(4)61)16-29-41(35)53(69)45-43(49(29)65)47(63)27-10-8-12-33(73-6)39(27)51(45)67/h7-12,22-23,30-31,34-37,54-55,64-65,68-71H,13-21H2,1-6H3/t22-,23-,30-,31-,34-,35-,36?,37?,54+,55+,56-,57-/m0/s1. The lowest BCUT2D eigenvalue weighted by Gasteiger charge is -2.44. The lowest BCUT2D eigenvalue weighted by Crippen LogP contribution is -2.55. The zero-order valence-corrected chi connectivity index (χ0v) is 43.9. The van der Waals surface area contributed by atoms with Crippen LogP contribution in [-0.4, -0.2) is 170 Å². The van der Waals surface area contributed by atoms with E-state index in [1.165, 1.54) is 64.5 Å². The molecule has 416 valence electrons. The molecular formula is C57H58N2O20. The van der Waals surface area contributed by atoms with Crippen LogP contribution in [0.3, 0.4) is 0 Å². The molecule has 2 unspecified atom stereocenters. The summed E-state index contributed by atoms with van der Waals surface area (Å²) in [6.07, 6.45) is -8.33. The molecule has 8 aliphatic rings. The van der Waals surface area contributed by atoms with Gasteiger partial charge in [0.25, 0.3) is 0 Å². The highest BCUT2D eigenvalue weighted by atomic mass is 16.7. The van der Waals surface area contributed by atoms with E-state index in [1.807, 2.05) is 0 Å². The molecule has 0 amide bonds. The van der Waals surface area contributed by atoms with Crippen LogP contribution >= 0.6 is 0 Å². The van der Waals surface area contributed by atoms with Gasteiger partial charge in [-0.25, -0.2) is 0 Å². The molecule has 4 saturated heterocycles. The Hall–Kier alpha value is -6.70. The summed E-state index contributed by atoms with van der Waals surface area (Å²) in [5, 5.41) is 71.6. The predicted molar refractivity (Wildman–Crippen MR) is 268 cm³/mol. The molecule has 0 saturated carbocycles. The number of carbonyl (C=O) groups is 6. The minimum atomic E-state index is -2.11. The molecule has 4 aromatic carbocycles. The molecule has 12 atom stereocenters. The van der Waals surface area contributed by atoms with E-state index in [2.05, 4.69) is 9.80 Å². The second-order valence-corrected chi connectivity index (χ2v) is 21.9. The number of nitrogens with zero attached hydrogens (tertiary/aromatic N) is 2. The first kappa shape index (κ1) is 53.0. The van der Waals surface area contributed by atoms with Gasteiger partial charge < -0.3 is 68.5 Å². The van der Waals surface area contributed by atoms with Crippen molar-refractivity contribution in [2.45, 2.75) is 139 Å². The molecule has 79 heavy (non-hydrogen) atoms. The number of carbonyl (C=O) groups excluding carboxylic acids is 6. The van der Waals surface area contributed by atoms with E-state index in [0.29, 0.717) is 0 Å². The van der Waals surface area contributed by atoms with E-state index >= 15 is 0 Å². The first-order valence-electron chi connectivity index (χ1n) is 26.1. The maximum absolute atomic E-state index is 14.2. The van der Waals surface area contributed by atoms with Crippen LogP contribution in [0.4, 0.5) is 0 Å². The Balaban J connectivity index is 0.802. The largest absolute Gasteiger partial charge is 0.507 e. The number of aliphatic hydroxyl groups is 2. The molecule has 4 heterocycles. The Morgan fingerprint density at radius 2 is 0.962 bits per heavy atom. The van der Waals surface area contributed by atoms with E-state index in [4.69, 9.17) is 37.9 Å². The van der Waals surface area contributed by atoms with Crippen molar-refractivity contribution in [1.29, 1.82) is 0 Å². The van der Waals surface area contributed by atoms with Crippen molar-refractivity contribution in [3.05, 3.63) is 103 Å². The SMILES string of the molecule is COc1cccc2c1C(=O)c1c(O)c3c(c(O)c1C2=O)C[C@@](O)(C(C)=O)C[C@@H]3OC1C[C@H]2[C@H](OCN2CN2CO[C@@H]3[C@H](C)OC(O[C@H]4C[C@](O)(C(C)=O)Cc5c(O)c6c(c(O)c54)C(=O)c4c(OC)cccc4C6=O)C[C@@H]32)[C@H](C)O1. The number of hydrogen-bond acceptors (Lipinski definition) is 22. The number of hydrogen-bond donors (Lipinski definition) is 6.